The molecular weight excluding hydrogens is 460 g/mol. The molecule has 2 amide bonds. The lowest BCUT2D eigenvalue weighted by atomic mass is 10.1. The lowest BCUT2D eigenvalue weighted by Crippen LogP contribution is -2.26. The van der Waals surface area contributed by atoms with Gasteiger partial charge < -0.3 is 29.6 Å². The van der Waals surface area contributed by atoms with Gasteiger partial charge in [0.1, 0.15) is 24.7 Å². The van der Waals surface area contributed by atoms with Gasteiger partial charge in [0.2, 0.25) is 0 Å². The first kappa shape index (κ1) is 29.1. The van der Waals surface area contributed by atoms with Gasteiger partial charge in [0.05, 0.1) is 24.3 Å². The molecule has 0 spiro atoms. The fourth-order valence-corrected chi connectivity index (χ4v) is 3.47. The number of carbonyl (C=O) groups excluding carboxylic acids is 2. The number of rotatable bonds is 19. The quantitative estimate of drug-likeness (QED) is 0.280. The molecule has 0 aliphatic heterocycles. The van der Waals surface area contributed by atoms with E-state index in [4.69, 9.17) is 18.9 Å². The Kier molecular flexibility index (Phi) is 14.7. The minimum atomic E-state index is -0.142. The number of hydrogen-bond acceptors (Lipinski definition) is 6. The SMILES string of the molecule is CCOCCOc1ccccc1C(=O)NCCCCCCNC(=O)c1ccccc1OCCOCC. The summed E-state index contributed by atoms with van der Waals surface area (Å²) in [6.45, 7) is 8.09. The number of unbranched alkanes of at least 4 members (excludes halogenated alkanes) is 3. The zero-order chi connectivity index (χ0) is 25.8. The predicted molar refractivity (Wildman–Crippen MR) is 140 cm³/mol. The maximum atomic E-state index is 12.5. The number of ether oxygens (including phenoxy) is 4. The van der Waals surface area contributed by atoms with E-state index in [0.717, 1.165) is 25.7 Å². The summed E-state index contributed by atoms with van der Waals surface area (Å²) < 4.78 is 21.9. The van der Waals surface area contributed by atoms with Crippen LogP contribution in [0.2, 0.25) is 0 Å². The highest BCUT2D eigenvalue weighted by atomic mass is 16.5. The highest BCUT2D eigenvalue weighted by Gasteiger charge is 2.12. The number of nitrogens with one attached hydrogen (secondary N) is 2. The second kappa shape index (κ2) is 18.2. The van der Waals surface area contributed by atoms with E-state index in [2.05, 4.69) is 10.6 Å². The van der Waals surface area contributed by atoms with Gasteiger partial charge in [-0.05, 0) is 51.0 Å². The number of hydrogen-bond donors (Lipinski definition) is 2. The van der Waals surface area contributed by atoms with Crippen LogP contribution in [0.15, 0.2) is 48.5 Å². The monoisotopic (exact) mass is 500 g/mol. The molecular formula is C28H40N2O6. The third-order valence-corrected chi connectivity index (χ3v) is 5.32. The van der Waals surface area contributed by atoms with Gasteiger partial charge >= 0.3 is 0 Å². The van der Waals surface area contributed by atoms with Crippen LogP contribution in [0.1, 0.15) is 60.2 Å². The molecule has 0 unspecified atom stereocenters. The molecule has 0 fully saturated rings. The summed E-state index contributed by atoms with van der Waals surface area (Å²) in [7, 11) is 0. The molecule has 2 rings (SSSR count). The van der Waals surface area contributed by atoms with Crippen LogP contribution < -0.4 is 20.1 Å². The largest absolute Gasteiger partial charge is 0.490 e. The molecule has 0 aliphatic carbocycles. The van der Waals surface area contributed by atoms with Gasteiger partial charge in [-0.3, -0.25) is 9.59 Å². The zero-order valence-corrected chi connectivity index (χ0v) is 21.6. The van der Waals surface area contributed by atoms with Crippen LogP contribution in [-0.4, -0.2) is 64.5 Å². The van der Waals surface area contributed by atoms with E-state index in [9.17, 15) is 9.59 Å². The lowest BCUT2D eigenvalue weighted by Gasteiger charge is -2.12. The summed E-state index contributed by atoms with van der Waals surface area (Å²) >= 11 is 0. The van der Waals surface area contributed by atoms with Gasteiger partial charge in [0.25, 0.3) is 11.8 Å². The molecule has 0 saturated carbocycles. The zero-order valence-electron chi connectivity index (χ0n) is 21.6. The molecule has 0 heterocycles. The molecule has 2 aromatic carbocycles. The van der Waals surface area contributed by atoms with Gasteiger partial charge in [-0.25, -0.2) is 0 Å². The van der Waals surface area contributed by atoms with Gasteiger partial charge in [0, 0.05) is 26.3 Å². The number of para-hydroxylation sites is 2. The summed E-state index contributed by atoms with van der Waals surface area (Å²) in [5.74, 6) is 0.839. The van der Waals surface area contributed by atoms with E-state index in [1.54, 1.807) is 24.3 Å². The van der Waals surface area contributed by atoms with Crippen molar-refractivity contribution in [1.82, 2.24) is 10.6 Å². The smallest absolute Gasteiger partial charge is 0.255 e. The Hall–Kier alpha value is -3.10. The average molecular weight is 501 g/mol. The van der Waals surface area contributed by atoms with Crippen molar-refractivity contribution in [3.05, 3.63) is 59.7 Å². The number of carbonyl (C=O) groups is 2. The van der Waals surface area contributed by atoms with Gasteiger partial charge in [-0.1, -0.05) is 37.1 Å². The molecule has 2 aromatic rings. The molecule has 198 valence electrons. The fourth-order valence-electron chi connectivity index (χ4n) is 3.47. The van der Waals surface area contributed by atoms with Crippen molar-refractivity contribution in [2.75, 3.05) is 52.7 Å². The number of benzene rings is 2. The molecule has 0 aliphatic rings. The van der Waals surface area contributed by atoms with Crippen LogP contribution in [0, 0.1) is 0 Å². The van der Waals surface area contributed by atoms with Gasteiger partial charge in [0.15, 0.2) is 0 Å². The van der Waals surface area contributed by atoms with E-state index < -0.39 is 0 Å². The Labute approximate surface area is 214 Å². The van der Waals surface area contributed by atoms with Gasteiger partial charge in [-0.2, -0.15) is 0 Å². The molecule has 8 nitrogen and oxygen atoms in total. The second-order valence-corrected chi connectivity index (χ2v) is 8.01. The highest BCUT2D eigenvalue weighted by Crippen LogP contribution is 2.19. The van der Waals surface area contributed by atoms with Crippen molar-refractivity contribution in [2.24, 2.45) is 0 Å². The molecule has 8 heteroatoms. The maximum absolute atomic E-state index is 12.5. The molecule has 0 saturated heterocycles. The topological polar surface area (TPSA) is 95.1 Å². The van der Waals surface area contributed by atoms with Crippen molar-refractivity contribution in [3.8, 4) is 11.5 Å². The van der Waals surface area contributed by atoms with Crippen molar-refractivity contribution < 1.29 is 28.5 Å². The summed E-state index contributed by atoms with van der Waals surface area (Å²) in [5.41, 5.74) is 1.05. The normalized spacial score (nSPS) is 10.6. The Morgan fingerprint density at radius 3 is 1.44 bits per heavy atom. The van der Waals surface area contributed by atoms with E-state index in [1.165, 1.54) is 0 Å². The van der Waals surface area contributed by atoms with Crippen molar-refractivity contribution in [2.45, 2.75) is 39.5 Å². The first-order valence-electron chi connectivity index (χ1n) is 12.8. The third kappa shape index (κ3) is 11.1. The van der Waals surface area contributed by atoms with Crippen LogP contribution in [0.4, 0.5) is 0 Å². The van der Waals surface area contributed by atoms with Crippen molar-refractivity contribution in [1.29, 1.82) is 0 Å². The van der Waals surface area contributed by atoms with E-state index in [-0.39, 0.29) is 11.8 Å². The van der Waals surface area contributed by atoms with Crippen LogP contribution in [0.3, 0.4) is 0 Å². The second-order valence-electron chi connectivity index (χ2n) is 8.01. The van der Waals surface area contributed by atoms with E-state index in [1.807, 2.05) is 38.1 Å². The number of amides is 2. The third-order valence-electron chi connectivity index (χ3n) is 5.32. The van der Waals surface area contributed by atoms with Crippen LogP contribution >= 0.6 is 0 Å². The summed E-state index contributed by atoms with van der Waals surface area (Å²) in [6, 6.07) is 14.4. The van der Waals surface area contributed by atoms with Crippen molar-refractivity contribution >= 4 is 11.8 Å². The molecule has 0 radical (unpaired) electrons. The molecule has 0 aromatic heterocycles. The van der Waals surface area contributed by atoms with Crippen LogP contribution in [0.25, 0.3) is 0 Å². The lowest BCUT2D eigenvalue weighted by molar-refractivity contribution is 0.0927. The Morgan fingerprint density at radius 1 is 0.611 bits per heavy atom. The molecule has 0 bridgehead atoms. The van der Waals surface area contributed by atoms with Crippen LogP contribution in [-0.2, 0) is 9.47 Å². The summed E-state index contributed by atoms with van der Waals surface area (Å²) in [6.07, 6.45) is 3.65. The Morgan fingerprint density at radius 2 is 1.03 bits per heavy atom. The molecule has 2 N–H and O–H groups in total. The van der Waals surface area contributed by atoms with Gasteiger partial charge in [-0.15, -0.1) is 0 Å². The summed E-state index contributed by atoms with van der Waals surface area (Å²) in [4.78, 5) is 25.1. The highest BCUT2D eigenvalue weighted by molar-refractivity contribution is 5.97. The van der Waals surface area contributed by atoms with Crippen molar-refractivity contribution in [3.63, 3.8) is 0 Å². The van der Waals surface area contributed by atoms with E-state index >= 15 is 0 Å². The standard InChI is InChI=1S/C28H40N2O6/c1-3-33-19-21-35-25-15-9-7-13-23(25)27(31)29-17-11-5-6-12-18-30-28(32)24-14-8-10-16-26(24)36-22-20-34-4-2/h7-10,13-16H,3-6,11-12,17-22H2,1-2H3,(H,29,31)(H,30,32). The first-order valence-corrected chi connectivity index (χ1v) is 12.8. The van der Waals surface area contributed by atoms with E-state index in [0.29, 0.717) is 75.4 Å². The van der Waals surface area contributed by atoms with Crippen LogP contribution in [0.5, 0.6) is 11.5 Å². The molecule has 0 atom stereocenters. The maximum Gasteiger partial charge on any atom is 0.255 e. The molecule has 36 heavy (non-hydrogen) atoms. The first-order chi connectivity index (χ1) is 17.7. The predicted octanol–water partition coefficient (Wildman–Crippen LogP) is 4.24. The summed E-state index contributed by atoms with van der Waals surface area (Å²) in [5, 5.41) is 5.92. The Bertz CT molecular complexity index is 832. The average Bonchev–Trinajstić information content (AvgIpc) is 2.91. The Balaban J connectivity index is 1.61. The minimum Gasteiger partial charge on any atom is -0.490 e. The minimum absolute atomic E-state index is 0.142. The fraction of sp³-hybridized carbons (Fsp3) is 0.500.